The monoisotopic (exact) mass is 203 g/mol. The van der Waals surface area contributed by atoms with Crippen molar-refractivity contribution in [2.75, 3.05) is 6.54 Å². The molecule has 0 unspecified atom stereocenters. The van der Waals surface area contributed by atoms with Crippen molar-refractivity contribution in [3.05, 3.63) is 41.0 Å². The molecule has 2 nitrogen and oxygen atoms in total. The summed E-state index contributed by atoms with van der Waals surface area (Å²) in [4.78, 5) is 10.6. The van der Waals surface area contributed by atoms with Gasteiger partial charge < -0.3 is 5.32 Å². The number of hydrogen-bond acceptors (Lipinski definition) is 1. The van der Waals surface area contributed by atoms with Gasteiger partial charge in [-0.1, -0.05) is 35.9 Å². The van der Waals surface area contributed by atoms with E-state index >= 15 is 0 Å². The van der Waals surface area contributed by atoms with Gasteiger partial charge in [0.1, 0.15) is 0 Å². The largest absolute Gasteiger partial charge is 0.353 e. The number of rotatable bonds is 3. The highest BCUT2D eigenvalue weighted by atomic mass is 16.1. The van der Waals surface area contributed by atoms with Gasteiger partial charge in [-0.15, -0.1) is 0 Å². The Morgan fingerprint density at radius 3 is 2.80 bits per heavy atom. The van der Waals surface area contributed by atoms with Crippen LogP contribution in [0, 0.1) is 13.8 Å². The van der Waals surface area contributed by atoms with E-state index in [0.717, 1.165) is 0 Å². The molecule has 2 heteroatoms. The molecule has 0 aliphatic heterocycles. The van der Waals surface area contributed by atoms with Crippen molar-refractivity contribution in [3.8, 4) is 0 Å². The average Bonchev–Trinajstić information content (AvgIpc) is 2.17. The quantitative estimate of drug-likeness (QED) is 0.803. The molecule has 80 valence electrons. The summed E-state index contributed by atoms with van der Waals surface area (Å²) in [6.07, 6.45) is 4.00. The minimum absolute atomic E-state index is 0.000569. The van der Waals surface area contributed by atoms with Crippen molar-refractivity contribution in [2.45, 2.75) is 20.8 Å². The lowest BCUT2D eigenvalue weighted by Gasteiger charge is -2.01. The third-order valence-corrected chi connectivity index (χ3v) is 2.20. The maximum Gasteiger partial charge on any atom is 0.217 e. The zero-order chi connectivity index (χ0) is 11.3. The molecule has 0 heterocycles. The van der Waals surface area contributed by atoms with E-state index in [4.69, 9.17) is 0 Å². The summed E-state index contributed by atoms with van der Waals surface area (Å²) in [5, 5.41) is 2.72. The number of hydrogen-bond donors (Lipinski definition) is 1. The first-order valence-corrected chi connectivity index (χ1v) is 5.08. The predicted molar refractivity (Wildman–Crippen MR) is 63.6 cm³/mol. The number of benzene rings is 1. The highest BCUT2D eigenvalue weighted by Gasteiger charge is 1.93. The molecular formula is C13H17NO. The molecule has 1 N–H and O–H groups in total. The number of nitrogens with one attached hydrogen (secondary N) is 1. The molecule has 0 spiro atoms. The maximum absolute atomic E-state index is 10.6. The smallest absolute Gasteiger partial charge is 0.217 e. The van der Waals surface area contributed by atoms with E-state index < -0.39 is 0 Å². The third-order valence-electron chi connectivity index (χ3n) is 2.20. The molecular weight excluding hydrogens is 186 g/mol. The van der Waals surface area contributed by atoms with Gasteiger partial charge in [0.05, 0.1) is 0 Å². The topological polar surface area (TPSA) is 29.1 Å². The summed E-state index contributed by atoms with van der Waals surface area (Å²) < 4.78 is 0. The molecule has 0 aliphatic carbocycles. The van der Waals surface area contributed by atoms with Gasteiger partial charge in [-0.25, -0.2) is 0 Å². The fourth-order valence-electron chi connectivity index (χ4n) is 1.33. The van der Waals surface area contributed by atoms with Gasteiger partial charge >= 0.3 is 0 Å². The van der Waals surface area contributed by atoms with E-state index in [1.165, 1.54) is 23.6 Å². The van der Waals surface area contributed by atoms with E-state index in [1.807, 2.05) is 12.2 Å². The van der Waals surface area contributed by atoms with Gasteiger partial charge in [0.15, 0.2) is 0 Å². The summed E-state index contributed by atoms with van der Waals surface area (Å²) >= 11 is 0. The molecule has 0 saturated heterocycles. The Morgan fingerprint density at radius 2 is 2.13 bits per heavy atom. The van der Waals surface area contributed by atoms with Crippen LogP contribution in [0.2, 0.25) is 0 Å². The number of amides is 1. The van der Waals surface area contributed by atoms with Crippen LogP contribution in [-0.4, -0.2) is 12.5 Å². The second kappa shape index (κ2) is 5.35. The Bertz CT molecular complexity index is 380. The standard InChI is InChI=1S/C13H17NO/c1-10-6-7-11(2)13(9-10)5-4-8-14-12(3)15/h4-7,9H,8H2,1-3H3,(H,14,15). The van der Waals surface area contributed by atoms with E-state index in [9.17, 15) is 4.79 Å². The van der Waals surface area contributed by atoms with E-state index in [1.54, 1.807) is 0 Å². The zero-order valence-electron chi connectivity index (χ0n) is 9.50. The first-order chi connectivity index (χ1) is 7.09. The van der Waals surface area contributed by atoms with E-state index in [-0.39, 0.29) is 5.91 Å². The number of aryl methyl sites for hydroxylation is 2. The third kappa shape index (κ3) is 3.98. The Balaban J connectivity index is 2.63. The minimum atomic E-state index is 0.000569. The molecule has 0 atom stereocenters. The van der Waals surface area contributed by atoms with Crippen LogP contribution in [0.1, 0.15) is 23.6 Å². The summed E-state index contributed by atoms with van der Waals surface area (Å²) in [5.74, 6) is 0.000569. The van der Waals surface area contributed by atoms with Gasteiger partial charge in [0, 0.05) is 13.5 Å². The molecule has 1 amide bonds. The fraction of sp³-hybridized carbons (Fsp3) is 0.308. The molecule has 0 saturated carbocycles. The maximum atomic E-state index is 10.6. The molecule has 0 aromatic heterocycles. The second-order valence-electron chi connectivity index (χ2n) is 3.70. The summed E-state index contributed by atoms with van der Waals surface area (Å²) in [6, 6.07) is 6.34. The van der Waals surface area contributed by atoms with Gasteiger partial charge in [0.2, 0.25) is 5.91 Å². The minimum Gasteiger partial charge on any atom is -0.353 e. The highest BCUT2D eigenvalue weighted by molar-refractivity contribution is 5.73. The first-order valence-electron chi connectivity index (χ1n) is 5.08. The normalized spacial score (nSPS) is 10.6. The van der Waals surface area contributed by atoms with Crippen LogP contribution in [0.15, 0.2) is 24.3 Å². The van der Waals surface area contributed by atoms with Gasteiger partial charge in [-0.2, -0.15) is 0 Å². The first kappa shape index (κ1) is 11.5. The molecule has 0 fully saturated rings. The molecule has 0 aliphatic rings. The van der Waals surface area contributed by atoms with Gasteiger partial charge in [0.25, 0.3) is 0 Å². The Hall–Kier alpha value is -1.57. The van der Waals surface area contributed by atoms with Crippen LogP contribution in [0.5, 0.6) is 0 Å². The molecule has 0 radical (unpaired) electrons. The van der Waals surface area contributed by atoms with Crippen molar-refractivity contribution in [1.29, 1.82) is 0 Å². The van der Waals surface area contributed by atoms with Crippen LogP contribution in [0.3, 0.4) is 0 Å². The van der Waals surface area contributed by atoms with Crippen LogP contribution in [0.25, 0.3) is 6.08 Å². The van der Waals surface area contributed by atoms with E-state index in [0.29, 0.717) is 6.54 Å². The Morgan fingerprint density at radius 1 is 1.40 bits per heavy atom. The predicted octanol–water partition coefficient (Wildman–Crippen LogP) is 2.45. The summed E-state index contributed by atoms with van der Waals surface area (Å²) in [7, 11) is 0. The van der Waals surface area contributed by atoms with Crippen LogP contribution in [0.4, 0.5) is 0 Å². The number of carbonyl (C=O) groups excluding carboxylic acids is 1. The fourth-order valence-corrected chi connectivity index (χ4v) is 1.33. The zero-order valence-corrected chi connectivity index (χ0v) is 9.50. The number of carbonyl (C=O) groups is 1. The Labute approximate surface area is 91.0 Å². The van der Waals surface area contributed by atoms with Crippen molar-refractivity contribution < 1.29 is 4.79 Å². The molecule has 0 bridgehead atoms. The van der Waals surface area contributed by atoms with Crippen LogP contribution >= 0.6 is 0 Å². The van der Waals surface area contributed by atoms with E-state index in [2.05, 4.69) is 37.4 Å². The van der Waals surface area contributed by atoms with Crippen LogP contribution < -0.4 is 5.32 Å². The summed E-state index contributed by atoms with van der Waals surface area (Å²) in [6.45, 7) is 6.26. The molecule has 1 aromatic carbocycles. The molecule has 1 aromatic rings. The molecule has 1 rings (SSSR count). The van der Waals surface area contributed by atoms with Gasteiger partial charge in [-0.05, 0) is 25.0 Å². The second-order valence-corrected chi connectivity index (χ2v) is 3.70. The lowest BCUT2D eigenvalue weighted by Crippen LogP contribution is -2.19. The summed E-state index contributed by atoms with van der Waals surface area (Å²) in [5.41, 5.74) is 3.71. The van der Waals surface area contributed by atoms with Crippen molar-refractivity contribution in [3.63, 3.8) is 0 Å². The molecule has 15 heavy (non-hydrogen) atoms. The highest BCUT2D eigenvalue weighted by Crippen LogP contribution is 2.11. The van der Waals surface area contributed by atoms with Crippen molar-refractivity contribution in [2.24, 2.45) is 0 Å². The van der Waals surface area contributed by atoms with Crippen molar-refractivity contribution >= 4 is 12.0 Å². The SMILES string of the molecule is CC(=O)NCC=Cc1cc(C)ccc1C. The van der Waals surface area contributed by atoms with Crippen molar-refractivity contribution in [1.82, 2.24) is 5.32 Å². The lowest BCUT2D eigenvalue weighted by atomic mass is 10.1. The van der Waals surface area contributed by atoms with Gasteiger partial charge in [-0.3, -0.25) is 4.79 Å². The average molecular weight is 203 g/mol. The van der Waals surface area contributed by atoms with Crippen LogP contribution in [-0.2, 0) is 4.79 Å². The lowest BCUT2D eigenvalue weighted by molar-refractivity contribution is -0.118. The Kier molecular flexibility index (Phi) is 4.10.